The Balaban J connectivity index is 1.46. The molecule has 4 aromatic rings. The Bertz CT molecular complexity index is 1160. The van der Waals surface area contributed by atoms with Gasteiger partial charge in [-0.2, -0.15) is 0 Å². The van der Waals surface area contributed by atoms with Crippen molar-refractivity contribution in [2.75, 3.05) is 5.32 Å². The van der Waals surface area contributed by atoms with Gasteiger partial charge in [-0.3, -0.25) is 4.79 Å². The summed E-state index contributed by atoms with van der Waals surface area (Å²) in [5.41, 5.74) is 3.27. The maximum atomic E-state index is 13.1. The van der Waals surface area contributed by atoms with E-state index in [1.807, 2.05) is 54.0 Å². The lowest BCUT2D eigenvalue weighted by Gasteiger charge is -2.09. The number of hydrogen-bond donors (Lipinski definition) is 1. The second-order valence-electron chi connectivity index (χ2n) is 6.86. The molecule has 5 nitrogen and oxygen atoms in total. The minimum atomic E-state index is -0.240. The van der Waals surface area contributed by atoms with Crippen molar-refractivity contribution in [2.45, 2.75) is 24.4 Å². The van der Waals surface area contributed by atoms with Gasteiger partial charge in [-0.1, -0.05) is 42.1 Å². The molecule has 0 aliphatic carbocycles. The molecule has 0 fully saturated rings. The zero-order valence-corrected chi connectivity index (χ0v) is 17.8. The van der Waals surface area contributed by atoms with E-state index in [9.17, 15) is 9.18 Å². The molecule has 0 unspecified atom stereocenters. The van der Waals surface area contributed by atoms with Crippen LogP contribution in [0.1, 0.15) is 22.8 Å². The summed E-state index contributed by atoms with van der Waals surface area (Å²) in [5.74, 6) is 1.06. The number of nitrogens with zero attached hydrogens (tertiary/aromatic N) is 3. The molecule has 0 aliphatic heterocycles. The van der Waals surface area contributed by atoms with Crippen LogP contribution >= 0.6 is 11.8 Å². The van der Waals surface area contributed by atoms with Crippen molar-refractivity contribution >= 4 is 23.4 Å². The van der Waals surface area contributed by atoms with E-state index in [2.05, 4.69) is 15.5 Å². The van der Waals surface area contributed by atoms with Crippen LogP contribution in [0.5, 0.6) is 0 Å². The summed E-state index contributed by atoms with van der Waals surface area (Å²) in [4.78, 5) is 12.3. The van der Waals surface area contributed by atoms with Crippen LogP contribution in [0.3, 0.4) is 0 Å². The van der Waals surface area contributed by atoms with Crippen LogP contribution in [-0.4, -0.2) is 20.7 Å². The number of carbonyl (C=O) groups is 1. The number of thioether (sulfide) groups is 1. The predicted molar refractivity (Wildman–Crippen MR) is 121 cm³/mol. The second-order valence-corrected chi connectivity index (χ2v) is 7.81. The lowest BCUT2D eigenvalue weighted by molar-refractivity contribution is 0.102. The summed E-state index contributed by atoms with van der Waals surface area (Å²) in [6.45, 7) is 2.77. The van der Waals surface area contributed by atoms with Gasteiger partial charge in [0.15, 0.2) is 11.0 Å². The lowest BCUT2D eigenvalue weighted by atomic mass is 10.1. The standard InChI is InChI=1S/C24H21FN4OS/c1-2-29-22(27-28-24(29)31-16-17-8-12-20(25)13-9-17)18-10-14-21(15-11-18)26-23(30)19-6-4-3-5-7-19/h3-15H,2,16H2,1H3,(H,26,30). The van der Waals surface area contributed by atoms with Crippen molar-refractivity contribution in [2.24, 2.45) is 0 Å². The quantitative estimate of drug-likeness (QED) is 0.384. The molecule has 156 valence electrons. The Morgan fingerprint density at radius 1 is 0.968 bits per heavy atom. The van der Waals surface area contributed by atoms with Crippen LogP contribution in [0.25, 0.3) is 11.4 Å². The van der Waals surface area contributed by atoms with Crippen molar-refractivity contribution in [3.05, 3.63) is 95.8 Å². The third kappa shape index (κ3) is 5.00. The van der Waals surface area contributed by atoms with Crippen LogP contribution in [0.2, 0.25) is 0 Å². The van der Waals surface area contributed by atoms with Crippen molar-refractivity contribution in [1.82, 2.24) is 14.8 Å². The number of aromatic nitrogens is 3. The minimum Gasteiger partial charge on any atom is -0.322 e. The number of halogens is 1. The molecule has 0 radical (unpaired) electrons. The smallest absolute Gasteiger partial charge is 0.255 e. The van der Waals surface area contributed by atoms with Crippen molar-refractivity contribution in [1.29, 1.82) is 0 Å². The summed E-state index contributed by atoms with van der Waals surface area (Å²) < 4.78 is 15.1. The van der Waals surface area contributed by atoms with E-state index in [4.69, 9.17) is 0 Å². The first-order valence-electron chi connectivity index (χ1n) is 9.91. The second kappa shape index (κ2) is 9.57. The molecule has 0 saturated carbocycles. The number of rotatable bonds is 7. The van der Waals surface area contributed by atoms with E-state index < -0.39 is 0 Å². The SMILES string of the molecule is CCn1c(SCc2ccc(F)cc2)nnc1-c1ccc(NC(=O)c2ccccc2)cc1. The van der Waals surface area contributed by atoms with Crippen molar-refractivity contribution < 1.29 is 9.18 Å². The van der Waals surface area contributed by atoms with Gasteiger partial charge in [0.05, 0.1) is 0 Å². The molecule has 0 spiro atoms. The number of nitrogens with one attached hydrogen (secondary N) is 1. The minimum absolute atomic E-state index is 0.149. The number of amides is 1. The van der Waals surface area contributed by atoms with Crippen LogP contribution in [0.4, 0.5) is 10.1 Å². The molecular formula is C24H21FN4OS. The first-order chi connectivity index (χ1) is 15.1. The maximum absolute atomic E-state index is 13.1. The maximum Gasteiger partial charge on any atom is 0.255 e. The molecule has 1 heterocycles. The molecular weight excluding hydrogens is 411 g/mol. The van der Waals surface area contributed by atoms with Gasteiger partial charge in [0.25, 0.3) is 5.91 Å². The summed E-state index contributed by atoms with van der Waals surface area (Å²) in [6, 6.07) is 23.1. The van der Waals surface area contributed by atoms with Crippen LogP contribution in [0.15, 0.2) is 84.0 Å². The molecule has 0 aliphatic rings. The Morgan fingerprint density at radius 2 is 1.68 bits per heavy atom. The zero-order chi connectivity index (χ0) is 21.6. The molecule has 4 rings (SSSR count). The molecule has 3 aromatic carbocycles. The average molecular weight is 433 g/mol. The third-order valence-electron chi connectivity index (χ3n) is 4.75. The topological polar surface area (TPSA) is 59.8 Å². The van der Waals surface area contributed by atoms with Gasteiger partial charge in [-0.25, -0.2) is 4.39 Å². The Kier molecular flexibility index (Phi) is 6.43. The molecule has 0 bridgehead atoms. The van der Waals surface area contributed by atoms with Gasteiger partial charge in [0.1, 0.15) is 5.82 Å². The highest BCUT2D eigenvalue weighted by Gasteiger charge is 2.14. The molecule has 7 heteroatoms. The van der Waals surface area contributed by atoms with Gasteiger partial charge >= 0.3 is 0 Å². The van der Waals surface area contributed by atoms with Gasteiger partial charge in [-0.15, -0.1) is 10.2 Å². The van der Waals surface area contributed by atoms with E-state index in [-0.39, 0.29) is 11.7 Å². The summed E-state index contributed by atoms with van der Waals surface area (Å²) in [7, 11) is 0. The van der Waals surface area contributed by atoms with E-state index >= 15 is 0 Å². The van der Waals surface area contributed by atoms with Crippen LogP contribution < -0.4 is 5.32 Å². The highest BCUT2D eigenvalue weighted by Crippen LogP contribution is 2.27. The molecule has 31 heavy (non-hydrogen) atoms. The molecule has 1 aromatic heterocycles. The van der Waals surface area contributed by atoms with E-state index in [1.165, 1.54) is 12.1 Å². The normalized spacial score (nSPS) is 10.8. The Morgan fingerprint density at radius 3 is 2.35 bits per heavy atom. The van der Waals surface area contributed by atoms with Gasteiger partial charge < -0.3 is 9.88 Å². The number of hydrogen-bond acceptors (Lipinski definition) is 4. The van der Waals surface area contributed by atoms with Gasteiger partial charge in [-0.05, 0) is 61.0 Å². The average Bonchev–Trinajstić information content (AvgIpc) is 3.22. The summed E-state index contributed by atoms with van der Waals surface area (Å²) in [5, 5.41) is 12.4. The number of benzene rings is 3. The molecule has 1 amide bonds. The fourth-order valence-electron chi connectivity index (χ4n) is 3.12. The molecule has 1 N–H and O–H groups in total. The first kappa shape index (κ1) is 20.8. The largest absolute Gasteiger partial charge is 0.322 e. The predicted octanol–water partition coefficient (Wildman–Crippen LogP) is 5.65. The van der Waals surface area contributed by atoms with E-state index in [0.717, 1.165) is 28.7 Å². The molecule has 0 saturated heterocycles. The van der Waals surface area contributed by atoms with E-state index in [0.29, 0.717) is 17.0 Å². The summed E-state index contributed by atoms with van der Waals surface area (Å²) in [6.07, 6.45) is 0. The van der Waals surface area contributed by atoms with Gasteiger partial charge in [0, 0.05) is 29.1 Å². The van der Waals surface area contributed by atoms with Gasteiger partial charge in [0.2, 0.25) is 0 Å². The lowest BCUT2D eigenvalue weighted by Crippen LogP contribution is -2.11. The number of anilines is 1. The van der Waals surface area contributed by atoms with E-state index in [1.54, 1.807) is 36.0 Å². The number of carbonyl (C=O) groups excluding carboxylic acids is 1. The Hall–Kier alpha value is -3.45. The van der Waals surface area contributed by atoms with Crippen LogP contribution in [0, 0.1) is 5.82 Å². The fourth-order valence-corrected chi connectivity index (χ4v) is 4.08. The highest BCUT2D eigenvalue weighted by molar-refractivity contribution is 7.98. The Labute approximate surface area is 184 Å². The summed E-state index contributed by atoms with van der Waals surface area (Å²) >= 11 is 1.57. The zero-order valence-electron chi connectivity index (χ0n) is 17.0. The molecule has 0 atom stereocenters. The fraction of sp³-hybridized carbons (Fsp3) is 0.125. The van der Waals surface area contributed by atoms with Crippen LogP contribution in [-0.2, 0) is 12.3 Å². The first-order valence-corrected chi connectivity index (χ1v) is 10.9. The van der Waals surface area contributed by atoms with Crippen molar-refractivity contribution in [3.8, 4) is 11.4 Å². The van der Waals surface area contributed by atoms with Crippen molar-refractivity contribution in [3.63, 3.8) is 0 Å². The highest BCUT2D eigenvalue weighted by atomic mass is 32.2. The monoisotopic (exact) mass is 432 g/mol. The third-order valence-corrected chi connectivity index (χ3v) is 5.79.